The summed E-state index contributed by atoms with van der Waals surface area (Å²) in [6, 6.07) is 10.7. The standard InChI is InChI=1S/C16H12ClFN2O2/c17-11-1-6-15-14(9-11)16(21)20(10-19-15)7-8-22-13-4-2-12(18)3-5-13/h1-6,9-10H,7-8H2. The quantitative estimate of drug-likeness (QED) is 0.741. The molecule has 0 N–H and O–H groups in total. The van der Waals surface area contributed by atoms with Crippen LogP contribution >= 0.6 is 11.6 Å². The van der Waals surface area contributed by atoms with Crippen LogP contribution in [-0.4, -0.2) is 16.2 Å². The number of benzene rings is 2. The average Bonchev–Trinajstić information content (AvgIpc) is 2.52. The van der Waals surface area contributed by atoms with Crippen molar-refractivity contribution in [2.45, 2.75) is 6.54 Å². The second-order valence-electron chi connectivity index (χ2n) is 4.71. The molecule has 0 atom stereocenters. The summed E-state index contributed by atoms with van der Waals surface area (Å²) in [5.74, 6) is 0.227. The first kappa shape index (κ1) is 14.5. The summed E-state index contributed by atoms with van der Waals surface area (Å²) < 4.78 is 19.7. The third-order valence-electron chi connectivity index (χ3n) is 3.20. The van der Waals surface area contributed by atoms with Crippen molar-refractivity contribution in [1.29, 1.82) is 0 Å². The van der Waals surface area contributed by atoms with E-state index in [2.05, 4.69) is 4.98 Å². The first-order valence-corrected chi connectivity index (χ1v) is 7.04. The lowest BCUT2D eigenvalue weighted by Crippen LogP contribution is -2.23. The Kier molecular flexibility index (Phi) is 4.06. The highest BCUT2D eigenvalue weighted by atomic mass is 35.5. The van der Waals surface area contributed by atoms with Gasteiger partial charge in [-0.05, 0) is 42.5 Å². The number of aromatic nitrogens is 2. The maximum absolute atomic E-state index is 12.8. The number of rotatable bonds is 4. The minimum absolute atomic E-state index is 0.171. The zero-order valence-electron chi connectivity index (χ0n) is 11.5. The van der Waals surface area contributed by atoms with Crippen LogP contribution in [-0.2, 0) is 6.54 Å². The molecule has 1 heterocycles. The number of fused-ring (bicyclic) bond motifs is 1. The van der Waals surface area contributed by atoms with Crippen LogP contribution in [0.1, 0.15) is 0 Å². The normalized spacial score (nSPS) is 10.8. The predicted molar refractivity (Wildman–Crippen MR) is 82.9 cm³/mol. The molecule has 22 heavy (non-hydrogen) atoms. The van der Waals surface area contributed by atoms with Crippen LogP contribution < -0.4 is 10.3 Å². The molecule has 1 aromatic heterocycles. The molecular formula is C16H12ClFN2O2. The molecule has 0 saturated heterocycles. The van der Waals surface area contributed by atoms with Crippen molar-refractivity contribution >= 4 is 22.5 Å². The highest BCUT2D eigenvalue weighted by Crippen LogP contribution is 2.14. The van der Waals surface area contributed by atoms with Crippen molar-refractivity contribution in [3.63, 3.8) is 0 Å². The predicted octanol–water partition coefficient (Wildman–Crippen LogP) is 3.27. The smallest absolute Gasteiger partial charge is 0.261 e. The Hall–Kier alpha value is -2.40. The molecule has 3 rings (SSSR count). The third-order valence-corrected chi connectivity index (χ3v) is 3.44. The second-order valence-corrected chi connectivity index (χ2v) is 5.14. The lowest BCUT2D eigenvalue weighted by Gasteiger charge is -2.09. The molecule has 0 aliphatic rings. The lowest BCUT2D eigenvalue weighted by atomic mass is 10.2. The Morgan fingerprint density at radius 2 is 1.95 bits per heavy atom. The molecule has 0 bridgehead atoms. The molecule has 6 heteroatoms. The summed E-state index contributed by atoms with van der Waals surface area (Å²) >= 11 is 5.91. The number of hydrogen-bond donors (Lipinski definition) is 0. The van der Waals surface area contributed by atoms with E-state index < -0.39 is 0 Å². The summed E-state index contributed by atoms with van der Waals surface area (Å²) in [5.41, 5.74) is 0.431. The molecular weight excluding hydrogens is 307 g/mol. The van der Waals surface area contributed by atoms with Crippen molar-refractivity contribution in [2.24, 2.45) is 0 Å². The third kappa shape index (κ3) is 3.09. The van der Waals surface area contributed by atoms with Gasteiger partial charge in [-0.15, -0.1) is 0 Å². The number of nitrogens with zero attached hydrogens (tertiary/aromatic N) is 2. The van der Waals surface area contributed by atoms with Gasteiger partial charge in [0.05, 0.1) is 23.8 Å². The largest absolute Gasteiger partial charge is 0.492 e. The van der Waals surface area contributed by atoms with Gasteiger partial charge < -0.3 is 4.74 Å². The maximum Gasteiger partial charge on any atom is 0.261 e. The van der Waals surface area contributed by atoms with Gasteiger partial charge in [0.15, 0.2) is 0 Å². The molecule has 3 aromatic rings. The molecule has 0 unspecified atom stereocenters. The van der Waals surface area contributed by atoms with Crippen molar-refractivity contribution < 1.29 is 9.13 Å². The Morgan fingerprint density at radius 1 is 1.18 bits per heavy atom. The molecule has 0 aliphatic carbocycles. The fraction of sp³-hybridized carbons (Fsp3) is 0.125. The summed E-state index contributed by atoms with van der Waals surface area (Å²) in [5, 5.41) is 0.962. The Labute approximate surface area is 130 Å². The van der Waals surface area contributed by atoms with Gasteiger partial charge in [-0.2, -0.15) is 0 Å². The first-order valence-electron chi connectivity index (χ1n) is 6.66. The van der Waals surface area contributed by atoms with Crippen molar-refractivity contribution in [3.8, 4) is 5.75 Å². The van der Waals surface area contributed by atoms with Crippen LogP contribution in [0.15, 0.2) is 53.6 Å². The molecule has 2 aromatic carbocycles. The monoisotopic (exact) mass is 318 g/mol. The van der Waals surface area contributed by atoms with Gasteiger partial charge in [-0.1, -0.05) is 11.6 Å². The van der Waals surface area contributed by atoms with E-state index in [0.29, 0.717) is 28.2 Å². The molecule has 0 aliphatic heterocycles. The fourth-order valence-electron chi connectivity index (χ4n) is 2.08. The average molecular weight is 319 g/mol. The van der Waals surface area contributed by atoms with Gasteiger partial charge >= 0.3 is 0 Å². The number of hydrogen-bond acceptors (Lipinski definition) is 3. The second kappa shape index (κ2) is 6.15. The van der Waals surface area contributed by atoms with E-state index in [1.54, 1.807) is 18.2 Å². The van der Waals surface area contributed by atoms with E-state index in [4.69, 9.17) is 16.3 Å². The Bertz CT molecular complexity index is 862. The minimum Gasteiger partial charge on any atom is -0.492 e. The van der Waals surface area contributed by atoms with E-state index in [1.807, 2.05) is 0 Å². The van der Waals surface area contributed by atoms with Gasteiger partial charge in [0.2, 0.25) is 0 Å². The van der Waals surface area contributed by atoms with Gasteiger partial charge in [0.1, 0.15) is 18.2 Å². The van der Waals surface area contributed by atoms with Crippen molar-refractivity contribution in [3.05, 3.63) is 70.0 Å². The van der Waals surface area contributed by atoms with Crippen LogP contribution in [0, 0.1) is 5.82 Å². The van der Waals surface area contributed by atoms with E-state index >= 15 is 0 Å². The van der Waals surface area contributed by atoms with Crippen LogP contribution in [0.25, 0.3) is 10.9 Å². The Balaban J connectivity index is 1.75. The Morgan fingerprint density at radius 3 is 2.73 bits per heavy atom. The van der Waals surface area contributed by atoms with E-state index in [0.717, 1.165) is 0 Å². The van der Waals surface area contributed by atoms with Crippen LogP contribution in [0.2, 0.25) is 5.02 Å². The summed E-state index contributed by atoms with van der Waals surface area (Å²) in [6.45, 7) is 0.616. The summed E-state index contributed by atoms with van der Waals surface area (Å²) in [7, 11) is 0. The molecule has 4 nitrogen and oxygen atoms in total. The lowest BCUT2D eigenvalue weighted by molar-refractivity contribution is 0.295. The maximum atomic E-state index is 12.8. The highest BCUT2D eigenvalue weighted by Gasteiger charge is 2.05. The van der Waals surface area contributed by atoms with Gasteiger partial charge in [-0.25, -0.2) is 9.37 Å². The fourth-order valence-corrected chi connectivity index (χ4v) is 2.26. The topological polar surface area (TPSA) is 44.1 Å². The van der Waals surface area contributed by atoms with Crippen LogP contribution in [0.4, 0.5) is 4.39 Å². The molecule has 0 amide bonds. The summed E-state index contributed by atoms with van der Waals surface area (Å²) in [6.07, 6.45) is 1.48. The van der Waals surface area contributed by atoms with Crippen LogP contribution in [0.5, 0.6) is 5.75 Å². The first-order chi connectivity index (χ1) is 10.6. The zero-order valence-corrected chi connectivity index (χ0v) is 12.3. The van der Waals surface area contributed by atoms with Gasteiger partial charge in [0, 0.05) is 5.02 Å². The minimum atomic E-state index is -0.320. The number of ether oxygens (including phenoxy) is 1. The van der Waals surface area contributed by atoms with E-state index in [1.165, 1.54) is 35.2 Å². The molecule has 112 valence electrons. The molecule has 0 saturated carbocycles. The zero-order chi connectivity index (χ0) is 15.5. The van der Waals surface area contributed by atoms with Crippen molar-refractivity contribution in [1.82, 2.24) is 9.55 Å². The van der Waals surface area contributed by atoms with Gasteiger partial charge in [0.25, 0.3) is 5.56 Å². The highest BCUT2D eigenvalue weighted by molar-refractivity contribution is 6.31. The van der Waals surface area contributed by atoms with Crippen molar-refractivity contribution in [2.75, 3.05) is 6.61 Å². The molecule has 0 spiro atoms. The SMILES string of the molecule is O=c1c2cc(Cl)ccc2ncn1CCOc1ccc(F)cc1. The number of halogens is 2. The summed E-state index contributed by atoms with van der Waals surface area (Å²) in [4.78, 5) is 16.5. The van der Waals surface area contributed by atoms with E-state index in [9.17, 15) is 9.18 Å². The van der Waals surface area contributed by atoms with Gasteiger partial charge in [-0.3, -0.25) is 9.36 Å². The van der Waals surface area contributed by atoms with Crippen LogP contribution in [0.3, 0.4) is 0 Å². The molecule has 0 radical (unpaired) electrons. The molecule has 0 fully saturated rings. The van der Waals surface area contributed by atoms with E-state index in [-0.39, 0.29) is 18.0 Å².